The molecule has 24 heavy (non-hydrogen) atoms. The molecule has 0 unspecified atom stereocenters. The third-order valence-electron chi connectivity index (χ3n) is 3.35. The third-order valence-corrected chi connectivity index (χ3v) is 4.55. The zero-order valence-electron chi connectivity index (χ0n) is 14.2. The monoisotopic (exact) mass is 356 g/mol. The zero-order valence-corrected chi connectivity index (χ0v) is 15.1. The summed E-state index contributed by atoms with van der Waals surface area (Å²) in [5, 5.41) is 2.71. The van der Waals surface area contributed by atoms with Crippen LogP contribution in [0, 0.1) is 0 Å². The Labute approximate surface area is 143 Å². The van der Waals surface area contributed by atoms with Crippen molar-refractivity contribution in [1.82, 2.24) is 5.32 Å². The van der Waals surface area contributed by atoms with Crippen LogP contribution >= 0.6 is 0 Å². The molecule has 134 valence electrons. The molecule has 1 amide bonds. The van der Waals surface area contributed by atoms with Crippen molar-refractivity contribution in [2.45, 2.75) is 19.8 Å². The summed E-state index contributed by atoms with van der Waals surface area (Å²) in [5.41, 5.74) is 0.928. The van der Waals surface area contributed by atoms with Crippen LogP contribution in [0.15, 0.2) is 24.3 Å². The molecule has 0 aliphatic heterocycles. The van der Waals surface area contributed by atoms with Gasteiger partial charge in [0.1, 0.15) is 0 Å². The highest BCUT2D eigenvalue weighted by atomic mass is 32.2. The summed E-state index contributed by atoms with van der Waals surface area (Å²) >= 11 is 0. The number of nitrogens with zero attached hydrogens (tertiary/aromatic N) is 1. The number of sulfonamides is 1. The van der Waals surface area contributed by atoms with Crippen LogP contribution in [-0.4, -0.2) is 53.2 Å². The number of nitrogens with one attached hydrogen (secondary N) is 1. The molecule has 0 bridgehead atoms. The molecule has 0 saturated heterocycles. The van der Waals surface area contributed by atoms with Crippen LogP contribution in [0.25, 0.3) is 0 Å². The smallest absolute Gasteiger partial charge is 0.232 e. The van der Waals surface area contributed by atoms with E-state index in [1.165, 1.54) is 6.92 Å². The Morgan fingerprint density at radius 2 is 1.83 bits per heavy atom. The number of amides is 1. The van der Waals surface area contributed by atoms with E-state index < -0.39 is 10.0 Å². The fourth-order valence-corrected chi connectivity index (χ4v) is 3.01. The van der Waals surface area contributed by atoms with Crippen molar-refractivity contribution in [2.75, 3.05) is 37.4 Å². The maximum absolute atomic E-state index is 12.0. The summed E-state index contributed by atoms with van der Waals surface area (Å²) < 4.78 is 30.0. The van der Waals surface area contributed by atoms with Gasteiger partial charge in [0.25, 0.3) is 0 Å². The van der Waals surface area contributed by atoms with Crippen LogP contribution in [0.5, 0.6) is 0 Å². The van der Waals surface area contributed by atoms with Crippen molar-refractivity contribution in [3.05, 3.63) is 29.8 Å². The first kappa shape index (κ1) is 20.1. The average Bonchev–Trinajstić information content (AvgIpc) is 2.51. The molecule has 0 atom stereocenters. The molecule has 7 nitrogen and oxygen atoms in total. The van der Waals surface area contributed by atoms with Gasteiger partial charge in [-0.2, -0.15) is 0 Å². The Bertz CT molecular complexity index is 656. The SMILES string of the molecule is COCCCNC(=O)CCN(c1ccc(C(C)=O)cc1)S(C)(=O)=O. The molecule has 0 aliphatic carbocycles. The van der Waals surface area contributed by atoms with Crippen molar-refractivity contribution in [2.24, 2.45) is 0 Å². The molecule has 0 radical (unpaired) electrons. The minimum absolute atomic E-state index is 0.0361. The number of hydrogen-bond donors (Lipinski definition) is 1. The number of ether oxygens (including phenoxy) is 1. The molecular formula is C16H24N2O5S. The average molecular weight is 356 g/mol. The highest BCUT2D eigenvalue weighted by Gasteiger charge is 2.18. The predicted molar refractivity (Wildman–Crippen MR) is 92.8 cm³/mol. The van der Waals surface area contributed by atoms with E-state index in [1.807, 2.05) is 0 Å². The fourth-order valence-electron chi connectivity index (χ4n) is 2.08. The van der Waals surface area contributed by atoms with Gasteiger partial charge >= 0.3 is 0 Å². The summed E-state index contributed by atoms with van der Waals surface area (Å²) in [5.74, 6) is -0.317. The van der Waals surface area contributed by atoms with Crippen molar-refractivity contribution in [1.29, 1.82) is 0 Å². The number of carbonyl (C=O) groups is 2. The molecule has 8 heteroatoms. The van der Waals surface area contributed by atoms with Crippen LogP contribution in [0.1, 0.15) is 30.1 Å². The number of rotatable bonds is 10. The minimum atomic E-state index is -3.53. The zero-order chi connectivity index (χ0) is 18.2. The minimum Gasteiger partial charge on any atom is -0.385 e. The lowest BCUT2D eigenvalue weighted by molar-refractivity contribution is -0.120. The number of methoxy groups -OCH3 is 1. The Balaban J connectivity index is 2.70. The number of anilines is 1. The van der Waals surface area contributed by atoms with Gasteiger partial charge < -0.3 is 10.1 Å². The Morgan fingerprint density at radius 3 is 2.33 bits per heavy atom. The predicted octanol–water partition coefficient (Wildman–Crippen LogP) is 1.20. The maximum atomic E-state index is 12.0. The van der Waals surface area contributed by atoms with Gasteiger partial charge in [-0.3, -0.25) is 13.9 Å². The van der Waals surface area contributed by atoms with E-state index in [0.717, 1.165) is 10.6 Å². The van der Waals surface area contributed by atoms with Crippen molar-refractivity contribution in [3.63, 3.8) is 0 Å². The van der Waals surface area contributed by atoms with E-state index in [-0.39, 0.29) is 24.7 Å². The van der Waals surface area contributed by atoms with Gasteiger partial charge in [0.2, 0.25) is 15.9 Å². The van der Waals surface area contributed by atoms with Gasteiger partial charge in [0, 0.05) is 38.8 Å². The summed E-state index contributed by atoms with van der Waals surface area (Å²) in [4.78, 5) is 23.1. The van der Waals surface area contributed by atoms with Crippen LogP contribution in [0.3, 0.4) is 0 Å². The molecule has 0 saturated carbocycles. The molecule has 0 aliphatic rings. The topological polar surface area (TPSA) is 92.8 Å². The van der Waals surface area contributed by atoms with Crippen molar-refractivity contribution >= 4 is 27.4 Å². The summed E-state index contributed by atoms with van der Waals surface area (Å²) in [6.07, 6.45) is 1.83. The van der Waals surface area contributed by atoms with Crippen molar-refractivity contribution in [3.8, 4) is 0 Å². The normalized spacial score (nSPS) is 11.1. The van der Waals surface area contributed by atoms with Crippen LogP contribution in [0.4, 0.5) is 5.69 Å². The first-order valence-electron chi connectivity index (χ1n) is 7.60. The Morgan fingerprint density at radius 1 is 1.21 bits per heavy atom. The molecule has 1 aromatic rings. The Hall–Kier alpha value is -1.93. The molecular weight excluding hydrogens is 332 g/mol. The van der Waals surface area contributed by atoms with Crippen molar-refractivity contribution < 1.29 is 22.7 Å². The Kier molecular flexibility index (Phi) is 7.87. The third kappa shape index (κ3) is 6.67. The number of Topliss-reactive ketones (excluding diaryl/α,β-unsaturated/α-hetero) is 1. The van der Waals surface area contributed by atoms with E-state index in [2.05, 4.69) is 5.32 Å². The first-order valence-corrected chi connectivity index (χ1v) is 9.45. The second-order valence-electron chi connectivity index (χ2n) is 5.38. The van der Waals surface area contributed by atoms with Crippen LogP contribution in [0.2, 0.25) is 0 Å². The quantitative estimate of drug-likeness (QED) is 0.502. The standard InChI is InChI=1S/C16H24N2O5S/c1-13(19)14-5-7-15(8-6-14)18(24(3,21)22)11-9-16(20)17-10-4-12-23-2/h5-8H,4,9-12H2,1-3H3,(H,17,20). The highest BCUT2D eigenvalue weighted by Crippen LogP contribution is 2.19. The molecule has 1 N–H and O–H groups in total. The number of benzene rings is 1. The van der Waals surface area contributed by atoms with Crippen LogP contribution < -0.4 is 9.62 Å². The van der Waals surface area contributed by atoms with Crippen LogP contribution in [-0.2, 0) is 19.6 Å². The van der Waals surface area contributed by atoms with E-state index in [1.54, 1.807) is 31.4 Å². The number of carbonyl (C=O) groups excluding carboxylic acids is 2. The molecule has 0 heterocycles. The fraction of sp³-hybridized carbons (Fsp3) is 0.500. The number of hydrogen-bond acceptors (Lipinski definition) is 5. The molecule has 0 fully saturated rings. The van der Waals surface area contributed by atoms with Gasteiger partial charge in [0.05, 0.1) is 11.9 Å². The molecule has 0 aromatic heterocycles. The maximum Gasteiger partial charge on any atom is 0.232 e. The summed E-state index contributed by atoms with van der Waals surface area (Å²) in [6, 6.07) is 6.27. The molecule has 1 rings (SSSR count). The van der Waals surface area contributed by atoms with Gasteiger partial charge in [-0.1, -0.05) is 0 Å². The van der Waals surface area contributed by atoms with Gasteiger partial charge in [-0.15, -0.1) is 0 Å². The first-order chi connectivity index (χ1) is 11.3. The molecule has 0 spiro atoms. The van der Waals surface area contributed by atoms with Gasteiger partial charge in [-0.05, 0) is 37.6 Å². The van der Waals surface area contributed by atoms with E-state index in [0.29, 0.717) is 30.8 Å². The lowest BCUT2D eigenvalue weighted by Gasteiger charge is -2.22. The van der Waals surface area contributed by atoms with Gasteiger partial charge in [-0.25, -0.2) is 8.42 Å². The second kappa shape index (κ2) is 9.39. The number of ketones is 1. The largest absolute Gasteiger partial charge is 0.385 e. The van der Waals surface area contributed by atoms with E-state index in [9.17, 15) is 18.0 Å². The molecule has 1 aromatic carbocycles. The lowest BCUT2D eigenvalue weighted by atomic mass is 10.1. The summed E-state index contributed by atoms with van der Waals surface area (Å²) in [6.45, 7) is 2.52. The van der Waals surface area contributed by atoms with Gasteiger partial charge in [0.15, 0.2) is 5.78 Å². The highest BCUT2D eigenvalue weighted by molar-refractivity contribution is 7.92. The summed E-state index contributed by atoms with van der Waals surface area (Å²) in [7, 11) is -1.94. The van der Waals surface area contributed by atoms with E-state index >= 15 is 0 Å². The second-order valence-corrected chi connectivity index (χ2v) is 7.29. The lowest BCUT2D eigenvalue weighted by Crippen LogP contribution is -2.35. The van der Waals surface area contributed by atoms with E-state index in [4.69, 9.17) is 4.74 Å².